The minimum Gasteiger partial charge on any atom is -0.497 e. The highest BCUT2D eigenvalue weighted by atomic mass is 32.1. The van der Waals surface area contributed by atoms with E-state index in [0.717, 1.165) is 50.5 Å². The van der Waals surface area contributed by atoms with Gasteiger partial charge in [0.15, 0.2) is 5.96 Å². The molecule has 0 saturated carbocycles. The first-order valence-electron chi connectivity index (χ1n) is 10.8. The first-order chi connectivity index (χ1) is 15.1. The van der Waals surface area contributed by atoms with Crippen LogP contribution in [0.2, 0.25) is 0 Å². The van der Waals surface area contributed by atoms with Crippen LogP contribution in [0.5, 0.6) is 11.5 Å². The Kier molecular flexibility index (Phi) is 8.99. The summed E-state index contributed by atoms with van der Waals surface area (Å²) in [6, 6.07) is 7.99. The summed E-state index contributed by atoms with van der Waals surface area (Å²) in [7, 11) is 3.20. The van der Waals surface area contributed by atoms with Gasteiger partial charge in [0.1, 0.15) is 11.5 Å². The van der Waals surface area contributed by atoms with Crippen molar-refractivity contribution in [2.75, 3.05) is 40.4 Å². The summed E-state index contributed by atoms with van der Waals surface area (Å²) in [5.41, 5.74) is 2.12. The number of likely N-dealkylation sites (tertiary alicyclic amines) is 1. The Labute approximate surface area is 189 Å². The Morgan fingerprint density at radius 3 is 2.52 bits per heavy atom. The maximum absolute atomic E-state index is 10.7. The highest BCUT2D eigenvalue weighted by Gasteiger charge is 2.20. The first kappa shape index (κ1) is 23.4. The zero-order valence-electron chi connectivity index (χ0n) is 18.6. The summed E-state index contributed by atoms with van der Waals surface area (Å²) in [5, 5.41) is 21.9. The van der Waals surface area contributed by atoms with Crippen molar-refractivity contribution >= 4 is 17.3 Å². The lowest BCUT2D eigenvalue weighted by Gasteiger charge is -2.33. The fourth-order valence-corrected chi connectivity index (χ4v) is 4.35. The highest BCUT2D eigenvalue weighted by Crippen LogP contribution is 2.26. The molecule has 7 nitrogen and oxygen atoms in total. The predicted octanol–water partition coefficient (Wildman–Crippen LogP) is 3.02. The van der Waals surface area contributed by atoms with Crippen LogP contribution in [0.15, 0.2) is 40.0 Å². The third-order valence-electron chi connectivity index (χ3n) is 5.44. The molecule has 0 aliphatic carbocycles. The second kappa shape index (κ2) is 11.9. The number of piperidine rings is 1. The van der Waals surface area contributed by atoms with Gasteiger partial charge in [0, 0.05) is 38.3 Å². The summed E-state index contributed by atoms with van der Waals surface area (Å²) in [6.45, 7) is 6.23. The van der Waals surface area contributed by atoms with Crippen LogP contribution >= 0.6 is 11.3 Å². The molecule has 170 valence electrons. The number of aliphatic hydroxyl groups is 1. The molecular weight excluding hydrogens is 412 g/mol. The van der Waals surface area contributed by atoms with Crippen molar-refractivity contribution in [1.82, 2.24) is 15.5 Å². The smallest absolute Gasteiger partial charge is 0.191 e. The van der Waals surface area contributed by atoms with Crippen LogP contribution in [0.4, 0.5) is 0 Å². The van der Waals surface area contributed by atoms with Gasteiger partial charge in [0.25, 0.3) is 0 Å². The fourth-order valence-electron chi connectivity index (χ4n) is 3.69. The van der Waals surface area contributed by atoms with E-state index in [1.165, 1.54) is 5.56 Å². The normalized spacial score (nSPS) is 16.7. The van der Waals surface area contributed by atoms with Crippen LogP contribution < -0.4 is 20.1 Å². The summed E-state index contributed by atoms with van der Waals surface area (Å²) >= 11 is 1.76. The molecule has 1 unspecified atom stereocenters. The van der Waals surface area contributed by atoms with E-state index in [-0.39, 0.29) is 6.54 Å². The van der Waals surface area contributed by atoms with E-state index in [2.05, 4.69) is 37.4 Å². The quantitative estimate of drug-likeness (QED) is 0.406. The Bertz CT molecular complexity index is 798. The van der Waals surface area contributed by atoms with Gasteiger partial charge in [-0.15, -0.1) is 0 Å². The number of nitrogens with one attached hydrogen (secondary N) is 2. The van der Waals surface area contributed by atoms with Crippen LogP contribution in [0.1, 0.15) is 37.0 Å². The summed E-state index contributed by atoms with van der Waals surface area (Å²) in [4.78, 5) is 7.13. The molecule has 31 heavy (non-hydrogen) atoms. The van der Waals surface area contributed by atoms with Crippen molar-refractivity contribution in [1.29, 1.82) is 0 Å². The molecule has 8 heteroatoms. The zero-order chi connectivity index (χ0) is 22.1. The van der Waals surface area contributed by atoms with Crippen molar-refractivity contribution < 1.29 is 14.6 Å². The van der Waals surface area contributed by atoms with Gasteiger partial charge < -0.3 is 25.2 Å². The van der Waals surface area contributed by atoms with Crippen molar-refractivity contribution in [3.05, 3.63) is 46.2 Å². The summed E-state index contributed by atoms with van der Waals surface area (Å²) in [6.07, 6.45) is 1.40. The number of aliphatic hydroxyl groups excluding tert-OH is 1. The minimum atomic E-state index is -0.744. The lowest BCUT2D eigenvalue weighted by molar-refractivity contribution is 0.185. The number of ether oxygens (including phenoxy) is 2. The van der Waals surface area contributed by atoms with E-state index in [0.29, 0.717) is 17.5 Å². The van der Waals surface area contributed by atoms with Gasteiger partial charge >= 0.3 is 0 Å². The molecule has 2 aromatic rings. The van der Waals surface area contributed by atoms with E-state index in [1.54, 1.807) is 31.6 Å². The third kappa shape index (κ3) is 7.12. The SMILES string of the molecule is CCNC(=NCC(O)c1cc(OC)cc(OC)c1)NC1CCN(Cc2ccsc2)CC1. The molecule has 1 aromatic carbocycles. The third-order valence-corrected chi connectivity index (χ3v) is 6.17. The molecule has 0 radical (unpaired) electrons. The lowest BCUT2D eigenvalue weighted by atomic mass is 10.0. The minimum absolute atomic E-state index is 0.253. The van der Waals surface area contributed by atoms with E-state index in [4.69, 9.17) is 9.47 Å². The molecule has 0 bridgehead atoms. The average Bonchev–Trinajstić information content (AvgIpc) is 3.31. The Hall–Kier alpha value is -2.29. The highest BCUT2D eigenvalue weighted by molar-refractivity contribution is 7.07. The van der Waals surface area contributed by atoms with Crippen LogP contribution in [0, 0.1) is 0 Å². The lowest BCUT2D eigenvalue weighted by Crippen LogP contribution is -2.48. The molecule has 0 spiro atoms. The maximum Gasteiger partial charge on any atom is 0.191 e. The van der Waals surface area contributed by atoms with Crippen LogP contribution in [-0.2, 0) is 6.54 Å². The maximum atomic E-state index is 10.7. The van der Waals surface area contributed by atoms with Gasteiger partial charge in [0.05, 0.1) is 26.9 Å². The second-order valence-corrected chi connectivity index (χ2v) is 8.49. The molecule has 0 amide bonds. The molecule has 1 saturated heterocycles. The van der Waals surface area contributed by atoms with Gasteiger partial charge in [-0.05, 0) is 59.9 Å². The van der Waals surface area contributed by atoms with Gasteiger partial charge in [-0.25, -0.2) is 0 Å². The standard InChI is InChI=1S/C23H34N4O3S/c1-4-24-23(25-14-22(28)18-11-20(29-2)13-21(12-18)30-3)26-19-5-8-27(9-6-19)15-17-7-10-31-16-17/h7,10-13,16,19,22,28H,4-6,8-9,14-15H2,1-3H3,(H2,24,25,26). The van der Waals surface area contributed by atoms with E-state index in [9.17, 15) is 5.11 Å². The van der Waals surface area contributed by atoms with Crippen molar-refractivity contribution in [2.24, 2.45) is 4.99 Å². The van der Waals surface area contributed by atoms with Gasteiger partial charge in [-0.3, -0.25) is 9.89 Å². The fraction of sp³-hybridized carbons (Fsp3) is 0.522. The van der Waals surface area contributed by atoms with Crippen molar-refractivity contribution in [3.63, 3.8) is 0 Å². The largest absolute Gasteiger partial charge is 0.497 e. The molecule has 2 heterocycles. The van der Waals surface area contributed by atoms with E-state index >= 15 is 0 Å². The number of aliphatic imine (C=N–C) groups is 1. The molecule has 1 aliphatic rings. The summed E-state index contributed by atoms with van der Waals surface area (Å²) < 4.78 is 10.6. The van der Waals surface area contributed by atoms with Gasteiger partial charge in [0.2, 0.25) is 0 Å². The predicted molar refractivity (Wildman–Crippen MR) is 126 cm³/mol. The van der Waals surface area contributed by atoms with E-state index < -0.39 is 6.10 Å². The second-order valence-electron chi connectivity index (χ2n) is 7.71. The zero-order valence-corrected chi connectivity index (χ0v) is 19.5. The molecular formula is C23H34N4O3S. The Morgan fingerprint density at radius 1 is 1.23 bits per heavy atom. The molecule has 1 atom stereocenters. The number of hydrogen-bond donors (Lipinski definition) is 3. The van der Waals surface area contributed by atoms with Crippen molar-refractivity contribution in [2.45, 2.75) is 38.5 Å². The molecule has 1 fully saturated rings. The number of nitrogens with zero attached hydrogens (tertiary/aromatic N) is 2. The Morgan fingerprint density at radius 2 is 1.94 bits per heavy atom. The first-order valence-corrected chi connectivity index (χ1v) is 11.7. The van der Waals surface area contributed by atoms with Crippen LogP contribution in [0.3, 0.4) is 0 Å². The van der Waals surface area contributed by atoms with Gasteiger partial charge in [-0.2, -0.15) is 11.3 Å². The molecule has 3 N–H and O–H groups in total. The Balaban J connectivity index is 1.54. The monoisotopic (exact) mass is 446 g/mol. The van der Waals surface area contributed by atoms with Crippen molar-refractivity contribution in [3.8, 4) is 11.5 Å². The number of guanidine groups is 1. The topological polar surface area (TPSA) is 78.4 Å². The van der Waals surface area contributed by atoms with Crippen LogP contribution in [-0.4, -0.2) is 62.4 Å². The number of methoxy groups -OCH3 is 2. The molecule has 1 aromatic heterocycles. The number of benzene rings is 1. The average molecular weight is 447 g/mol. The number of thiophene rings is 1. The number of hydrogen-bond acceptors (Lipinski definition) is 6. The molecule has 1 aliphatic heterocycles. The number of rotatable bonds is 9. The summed E-state index contributed by atoms with van der Waals surface area (Å²) in [5.74, 6) is 2.04. The molecule has 3 rings (SSSR count). The van der Waals surface area contributed by atoms with E-state index in [1.807, 2.05) is 19.1 Å². The van der Waals surface area contributed by atoms with Crippen LogP contribution in [0.25, 0.3) is 0 Å². The van der Waals surface area contributed by atoms with Gasteiger partial charge in [-0.1, -0.05) is 0 Å².